The van der Waals surface area contributed by atoms with Crippen LogP contribution in [0.5, 0.6) is 0 Å². The van der Waals surface area contributed by atoms with Crippen LogP contribution in [0.3, 0.4) is 0 Å². The van der Waals surface area contributed by atoms with E-state index in [4.69, 9.17) is 19.9 Å². The van der Waals surface area contributed by atoms with Gasteiger partial charge in [-0.25, -0.2) is 4.98 Å². The molecule has 3 heterocycles. The molecule has 3 rings (SSSR count). The Kier molecular flexibility index (Phi) is 7.76. The number of pyridine rings is 2. The molecular formula is C23H31N5O4. The summed E-state index contributed by atoms with van der Waals surface area (Å²) in [6, 6.07) is 5.16. The predicted molar refractivity (Wildman–Crippen MR) is 122 cm³/mol. The highest BCUT2D eigenvalue weighted by atomic mass is 16.5. The van der Waals surface area contributed by atoms with Gasteiger partial charge >= 0.3 is 0 Å². The Morgan fingerprint density at radius 1 is 1.25 bits per heavy atom. The summed E-state index contributed by atoms with van der Waals surface area (Å²) in [5.74, 6) is -0.395. The van der Waals surface area contributed by atoms with Gasteiger partial charge in [-0.05, 0) is 51.3 Å². The molecule has 0 aliphatic heterocycles. The van der Waals surface area contributed by atoms with Crippen LogP contribution in [-0.4, -0.2) is 52.8 Å². The minimum atomic E-state index is -0.395. The fourth-order valence-electron chi connectivity index (χ4n) is 3.54. The summed E-state index contributed by atoms with van der Waals surface area (Å²) in [6.45, 7) is 7.66. The van der Waals surface area contributed by atoms with Gasteiger partial charge < -0.3 is 19.4 Å². The van der Waals surface area contributed by atoms with Crippen molar-refractivity contribution in [2.24, 2.45) is 0 Å². The molecule has 0 aliphatic carbocycles. The average Bonchev–Trinajstić information content (AvgIpc) is 2.76. The molecule has 0 aromatic carbocycles. The lowest BCUT2D eigenvalue weighted by molar-refractivity contribution is 0.0748. The lowest BCUT2D eigenvalue weighted by Gasteiger charge is -2.16. The summed E-state index contributed by atoms with van der Waals surface area (Å²) in [5.41, 5.74) is 1.69. The molecule has 0 atom stereocenters. The number of carbonyl (C=O) groups is 1. The maximum atomic E-state index is 13.3. The summed E-state index contributed by atoms with van der Waals surface area (Å²) in [6.07, 6.45) is 3.05. The van der Waals surface area contributed by atoms with E-state index < -0.39 is 5.91 Å². The predicted octanol–water partition coefficient (Wildman–Crippen LogP) is 2.02. The maximum absolute atomic E-state index is 13.3. The lowest BCUT2D eigenvalue weighted by Crippen LogP contribution is -2.35. The molecular weight excluding hydrogens is 410 g/mol. The quantitative estimate of drug-likeness (QED) is 0.369. The van der Waals surface area contributed by atoms with Gasteiger partial charge in [-0.3, -0.25) is 19.4 Å². The molecule has 1 amide bonds. The summed E-state index contributed by atoms with van der Waals surface area (Å²) in [7, 11) is 1.60. The summed E-state index contributed by atoms with van der Waals surface area (Å²) in [5, 5.41) is 11.8. The minimum Gasteiger partial charge on any atom is -0.385 e. The number of ether oxygens (including phenoxy) is 2. The van der Waals surface area contributed by atoms with Crippen molar-refractivity contribution in [1.29, 1.82) is 5.41 Å². The molecule has 3 aromatic heterocycles. The lowest BCUT2D eigenvalue weighted by atomic mass is 10.2. The zero-order chi connectivity index (χ0) is 23.3. The first-order chi connectivity index (χ1) is 15.3. The van der Waals surface area contributed by atoms with Crippen molar-refractivity contribution in [3.63, 3.8) is 0 Å². The van der Waals surface area contributed by atoms with E-state index in [0.717, 1.165) is 5.56 Å². The number of hydrogen-bond donors (Lipinski definition) is 2. The molecule has 32 heavy (non-hydrogen) atoms. The molecule has 0 radical (unpaired) electrons. The van der Waals surface area contributed by atoms with Crippen LogP contribution in [0.25, 0.3) is 16.7 Å². The van der Waals surface area contributed by atoms with Crippen molar-refractivity contribution in [3.8, 4) is 0 Å². The Hall–Kier alpha value is -3.04. The zero-order valence-corrected chi connectivity index (χ0v) is 19.1. The monoisotopic (exact) mass is 441 g/mol. The van der Waals surface area contributed by atoms with Gasteiger partial charge in [-0.15, -0.1) is 0 Å². The Balaban J connectivity index is 2.12. The van der Waals surface area contributed by atoms with Crippen molar-refractivity contribution in [3.05, 3.63) is 51.4 Å². The average molecular weight is 442 g/mol. The number of aromatic nitrogens is 3. The number of hydrogen-bond acceptors (Lipinski definition) is 6. The second kappa shape index (κ2) is 10.5. The van der Waals surface area contributed by atoms with E-state index in [9.17, 15) is 9.59 Å². The van der Waals surface area contributed by atoms with Gasteiger partial charge in [0.05, 0.1) is 17.1 Å². The van der Waals surface area contributed by atoms with Gasteiger partial charge in [0.1, 0.15) is 16.8 Å². The van der Waals surface area contributed by atoms with Crippen LogP contribution in [0.15, 0.2) is 29.2 Å². The topological polar surface area (TPSA) is 111 Å². The highest BCUT2D eigenvalue weighted by Gasteiger charge is 2.18. The third-order valence-corrected chi connectivity index (χ3v) is 5.17. The van der Waals surface area contributed by atoms with Crippen molar-refractivity contribution in [2.75, 3.05) is 26.9 Å². The van der Waals surface area contributed by atoms with Gasteiger partial charge in [0.15, 0.2) is 0 Å². The first kappa shape index (κ1) is 23.6. The molecule has 172 valence electrons. The third kappa shape index (κ3) is 5.05. The van der Waals surface area contributed by atoms with E-state index in [1.165, 1.54) is 10.5 Å². The van der Waals surface area contributed by atoms with E-state index in [2.05, 4.69) is 5.32 Å². The summed E-state index contributed by atoms with van der Waals surface area (Å²) < 4.78 is 13.8. The van der Waals surface area contributed by atoms with Crippen molar-refractivity contribution in [2.45, 2.75) is 46.3 Å². The molecule has 0 saturated heterocycles. The number of nitrogens with zero attached hydrogens (tertiary/aromatic N) is 3. The van der Waals surface area contributed by atoms with Crippen molar-refractivity contribution in [1.82, 2.24) is 19.3 Å². The van der Waals surface area contributed by atoms with Crippen LogP contribution in [0.2, 0.25) is 0 Å². The molecule has 0 aliphatic rings. The van der Waals surface area contributed by atoms with E-state index in [1.807, 2.05) is 26.8 Å². The second-order valence-corrected chi connectivity index (χ2v) is 7.97. The molecule has 0 fully saturated rings. The van der Waals surface area contributed by atoms with Crippen LogP contribution >= 0.6 is 0 Å². The smallest absolute Gasteiger partial charge is 0.267 e. The number of carbonyl (C=O) groups excluding carboxylic acids is 1. The normalized spacial score (nSPS) is 11.5. The van der Waals surface area contributed by atoms with Gasteiger partial charge in [-0.1, -0.05) is 6.07 Å². The molecule has 3 aromatic rings. The highest BCUT2D eigenvalue weighted by molar-refractivity contribution is 5.96. The molecule has 0 spiro atoms. The molecule has 0 saturated carbocycles. The van der Waals surface area contributed by atoms with E-state index >= 15 is 0 Å². The van der Waals surface area contributed by atoms with Gasteiger partial charge in [0.2, 0.25) is 0 Å². The number of rotatable bonds is 10. The van der Waals surface area contributed by atoms with Crippen molar-refractivity contribution >= 4 is 22.6 Å². The van der Waals surface area contributed by atoms with Gasteiger partial charge in [0, 0.05) is 39.6 Å². The fourth-order valence-corrected chi connectivity index (χ4v) is 3.54. The second-order valence-electron chi connectivity index (χ2n) is 7.97. The van der Waals surface area contributed by atoms with Crippen LogP contribution < -0.4 is 16.4 Å². The molecule has 2 N–H and O–H groups in total. The van der Waals surface area contributed by atoms with Gasteiger partial charge in [-0.2, -0.15) is 0 Å². The van der Waals surface area contributed by atoms with Crippen LogP contribution in [0.1, 0.15) is 42.6 Å². The Labute approximate surface area is 186 Å². The Bertz CT molecular complexity index is 1230. The van der Waals surface area contributed by atoms with Gasteiger partial charge in [0.25, 0.3) is 11.5 Å². The SMILES string of the molecule is COCCCNC(=O)c1cc2c(=O)n3cccc(C)c3nc2n(CCCOC(C)C)c1=N. The summed E-state index contributed by atoms with van der Waals surface area (Å²) >= 11 is 0. The van der Waals surface area contributed by atoms with Crippen LogP contribution in [-0.2, 0) is 16.0 Å². The van der Waals surface area contributed by atoms with E-state index in [1.54, 1.807) is 23.9 Å². The molecule has 9 nitrogen and oxygen atoms in total. The zero-order valence-electron chi connectivity index (χ0n) is 19.1. The number of methoxy groups -OCH3 is 1. The van der Waals surface area contributed by atoms with E-state index in [-0.39, 0.29) is 22.7 Å². The minimum absolute atomic E-state index is 0.0242. The first-order valence-electron chi connectivity index (χ1n) is 10.8. The molecule has 9 heteroatoms. The maximum Gasteiger partial charge on any atom is 0.267 e. The van der Waals surface area contributed by atoms with Crippen molar-refractivity contribution < 1.29 is 14.3 Å². The number of fused-ring (bicyclic) bond motifs is 2. The molecule has 0 unspecified atom stereocenters. The fraction of sp³-hybridized carbons (Fsp3) is 0.478. The largest absolute Gasteiger partial charge is 0.385 e. The van der Waals surface area contributed by atoms with Crippen LogP contribution in [0, 0.1) is 12.3 Å². The first-order valence-corrected chi connectivity index (χ1v) is 10.8. The number of amides is 1. The van der Waals surface area contributed by atoms with Crippen LogP contribution in [0.4, 0.5) is 0 Å². The Morgan fingerprint density at radius 2 is 2.03 bits per heavy atom. The Morgan fingerprint density at radius 3 is 2.75 bits per heavy atom. The third-order valence-electron chi connectivity index (χ3n) is 5.17. The summed E-state index contributed by atoms with van der Waals surface area (Å²) in [4.78, 5) is 30.8. The molecule has 0 bridgehead atoms. The van der Waals surface area contributed by atoms with E-state index in [0.29, 0.717) is 55.8 Å². The standard InChI is InChI=1S/C23H31N5O4/c1-15(2)32-13-7-11-27-19(24)17(22(29)25-9-6-12-31-4)14-18-21(27)26-20-16(3)8-5-10-28(20)23(18)30/h5,8,10,14-15,24H,6-7,9,11-13H2,1-4H3,(H,25,29). The number of nitrogens with one attached hydrogen (secondary N) is 2. The number of aryl methyl sites for hydroxylation is 2. The highest BCUT2D eigenvalue weighted by Crippen LogP contribution is 2.13.